The fourth-order valence-electron chi connectivity index (χ4n) is 1.42. The molecular weight excluding hydrogens is 156 g/mol. The molecule has 0 aromatic rings. The molecule has 0 bridgehead atoms. The van der Waals surface area contributed by atoms with E-state index in [2.05, 4.69) is 35.9 Å². The Morgan fingerprint density at radius 3 is 2.91 bits per heavy atom. The van der Waals surface area contributed by atoms with Crippen molar-refractivity contribution in [2.45, 2.75) is 19.0 Å². The third-order valence-electron chi connectivity index (χ3n) is 2.48. The summed E-state index contributed by atoms with van der Waals surface area (Å²) in [4.78, 5) is 2.46. The minimum absolute atomic E-state index is 0.618. The Morgan fingerprint density at radius 2 is 2.36 bits per heavy atom. The predicted octanol–water partition coefficient (Wildman–Crippen LogP) is 0.641. The predicted molar refractivity (Wildman–Crippen MR) is 52.3 cm³/mol. The summed E-state index contributed by atoms with van der Waals surface area (Å²) in [7, 11) is 4.26. The lowest BCUT2D eigenvalue weighted by Gasteiger charge is -2.36. The summed E-state index contributed by atoms with van der Waals surface area (Å²) in [6, 6.07) is 1.34. The molecular formula is C8H18N2S. The number of likely N-dealkylation sites (N-methyl/N-ethyl adjacent to an activating group) is 2. The maximum atomic E-state index is 3.31. The smallest absolute Gasteiger partial charge is 0.0334 e. The van der Waals surface area contributed by atoms with Gasteiger partial charge < -0.3 is 10.2 Å². The van der Waals surface area contributed by atoms with E-state index in [-0.39, 0.29) is 0 Å². The van der Waals surface area contributed by atoms with Crippen molar-refractivity contribution >= 4 is 11.8 Å². The van der Waals surface area contributed by atoms with Crippen LogP contribution in [0.5, 0.6) is 0 Å². The molecule has 1 aliphatic rings. The van der Waals surface area contributed by atoms with Gasteiger partial charge in [0.25, 0.3) is 0 Å². The molecule has 1 saturated heterocycles. The second-order valence-corrected chi connectivity index (χ2v) is 4.35. The molecule has 11 heavy (non-hydrogen) atoms. The average molecular weight is 174 g/mol. The molecule has 0 aromatic heterocycles. The van der Waals surface area contributed by atoms with Gasteiger partial charge in [0.2, 0.25) is 0 Å². The van der Waals surface area contributed by atoms with E-state index in [1.807, 2.05) is 7.05 Å². The highest BCUT2D eigenvalue weighted by Gasteiger charge is 2.23. The first-order valence-corrected chi connectivity index (χ1v) is 5.36. The second-order valence-electron chi connectivity index (χ2n) is 3.20. The highest BCUT2D eigenvalue weighted by Crippen LogP contribution is 2.16. The van der Waals surface area contributed by atoms with Crippen LogP contribution in [0, 0.1) is 0 Å². The van der Waals surface area contributed by atoms with Crippen LogP contribution < -0.4 is 5.32 Å². The van der Waals surface area contributed by atoms with Gasteiger partial charge in [0.1, 0.15) is 0 Å². The Morgan fingerprint density at radius 1 is 1.64 bits per heavy atom. The van der Waals surface area contributed by atoms with Crippen LogP contribution >= 0.6 is 11.8 Å². The van der Waals surface area contributed by atoms with Gasteiger partial charge >= 0.3 is 0 Å². The summed E-state index contributed by atoms with van der Waals surface area (Å²) >= 11 is 2.07. The van der Waals surface area contributed by atoms with Crippen LogP contribution in [0.4, 0.5) is 0 Å². The minimum Gasteiger partial charge on any atom is -0.316 e. The summed E-state index contributed by atoms with van der Waals surface area (Å²) < 4.78 is 0. The Kier molecular flexibility index (Phi) is 3.69. The second kappa shape index (κ2) is 4.33. The number of hydrogen-bond acceptors (Lipinski definition) is 3. The SMILES string of the molecule is CNC(C)C1CSCCN1C. The lowest BCUT2D eigenvalue weighted by molar-refractivity contribution is 0.228. The van der Waals surface area contributed by atoms with E-state index >= 15 is 0 Å². The fraction of sp³-hybridized carbons (Fsp3) is 1.00. The van der Waals surface area contributed by atoms with Gasteiger partial charge in [-0.3, -0.25) is 0 Å². The van der Waals surface area contributed by atoms with Crippen molar-refractivity contribution in [1.82, 2.24) is 10.2 Å². The molecule has 1 fully saturated rings. The quantitative estimate of drug-likeness (QED) is 0.661. The topological polar surface area (TPSA) is 15.3 Å². The third-order valence-corrected chi connectivity index (χ3v) is 3.52. The molecule has 0 aliphatic carbocycles. The monoisotopic (exact) mass is 174 g/mol. The van der Waals surface area contributed by atoms with Gasteiger partial charge in [-0.1, -0.05) is 0 Å². The lowest BCUT2D eigenvalue weighted by Crippen LogP contribution is -2.50. The van der Waals surface area contributed by atoms with Crippen molar-refractivity contribution < 1.29 is 0 Å². The zero-order valence-corrected chi connectivity index (χ0v) is 8.45. The van der Waals surface area contributed by atoms with E-state index in [0.717, 1.165) is 6.04 Å². The molecule has 0 amide bonds. The van der Waals surface area contributed by atoms with Crippen LogP contribution in [0.15, 0.2) is 0 Å². The van der Waals surface area contributed by atoms with E-state index in [1.54, 1.807) is 0 Å². The molecule has 1 aliphatic heterocycles. The average Bonchev–Trinajstić information content (AvgIpc) is 2.04. The minimum atomic E-state index is 0.618. The molecule has 0 aromatic carbocycles. The number of nitrogens with zero attached hydrogens (tertiary/aromatic N) is 1. The maximum Gasteiger partial charge on any atom is 0.0334 e. The van der Waals surface area contributed by atoms with Crippen LogP contribution in [0.2, 0.25) is 0 Å². The molecule has 2 nitrogen and oxygen atoms in total. The first-order chi connectivity index (χ1) is 5.25. The van der Waals surface area contributed by atoms with Crippen LogP contribution in [-0.2, 0) is 0 Å². The lowest BCUT2D eigenvalue weighted by atomic mass is 10.1. The van der Waals surface area contributed by atoms with Gasteiger partial charge in [0.15, 0.2) is 0 Å². The normalized spacial score (nSPS) is 30.3. The van der Waals surface area contributed by atoms with Crippen molar-refractivity contribution in [3.8, 4) is 0 Å². The Labute approximate surface area is 73.7 Å². The number of rotatable bonds is 2. The van der Waals surface area contributed by atoms with Gasteiger partial charge in [-0.15, -0.1) is 0 Å². The number of hydrogen-bond donors (Lipinski definition) is 1. The first kappa shape index (κ1) is 9.36. The van der Waals surface area contributed by atoms with Gasteiger partial charge in [0, 0.05) is 30.1 Å². The van der Waals surface area contributed by atoms with E-state index in [1.165, 1.54) is 18.1 Å². The summed E-state index contributed by atoms with van der Waals surface area (Å²) in [5, 5.41) is 3.31. The van der Waals surface area contributed by atoms with Crippen molar-refractivity contribution in [2.24, 2.45) is 0 Å². The van der Waals surface area contributed by atoms with Gasteiger partial charge in [0.05, 0.1) is 0 Å². The van der Waals surface area contributed by atoms with E-state index < -0.39 is 0 Å². The molecule has 1 heterocycles. The highest BCUT2D eigenvalue weighted by atomic mass is 32.2. The molecule has 0 radical (unpaired) electrons. The molecule has 1 rings (SSSR count). The first-order valence-electron chi connectivity index (χ1n) is 4.21. The number of thioether (sulfide) groups is 1. The van der Waals surface area contributed by atoms with Gasteiger partial charge in [-0.2, -0.15) is 11.8 Å². The summed E-state index contributed by atoms with van der Waals surface area (Å²) in [5.74, 6) is 2.57. The van der Waals surface area contributed by atoms with E-state index in [9.17, 15) is 0 Å². The summed E-state index contributed by atoms with van der Waals surface area (Å²) in [5.41, 5.74) is 0. The van der Waals surface area contributed by atoms with Crippen LogP contribution in [0.25, 0.3) is 0 Å². The third kappa shape index (κ3) is 2.36. The number of nitrogens with one attached hydrogen (secondary N) is 1. The Bertz CT molecular complexity index is 115. The largest absolute Gasteiger partial charge is 0.316 e. The molecule has 2 unspecified atom stereocenters. The van der Waals surface area contributed by atoms with Crippen molar-refractivity contribution in [3.05, 3.63) is 0 Å². The zero-order chi connectivity index (χ0) is 8.27. The Hall–Kier alpha value is 0.270. The van der Waals surface area contributed by atoms with Crippen LogP contribution in [0.3, 0.4) is 0 Å². The molecule has 2 atom stereocenters. The molecule has 66 valence electrons. The molecule has 1 N–H and O–H groups in total. The Balaban J connectivity index is 2.40. The molecule has 0 spiro atoms. The van der Waals surface area contributed by atoms with Gasteiger partial charge in [-0.25, -0.2) is 0 Å². The maximum absolute atomic E-state index is 3.31. The summed E-state index contributed by atoms with van der Waals surface area (Å²) in [6.07, 6.45) is 0. The molecule has 3 heteroatoms. The van der Waals surface area contributed by atoms with Gasteiger partial charge in [-0.05, 0) is 21.0 Å². The van der Waals surface area contributed by atoms with E-state index in [4.69, 9.17) is 0 Å². The van der Waals surface area contributed by atoms with E-state index in [0.29, 0.717) is 6.04 Å². The van der Waals surface area contributed by atoms with Crippen molar-refractivity contribution in [1.29, 1.82) is 0 Å². The fourth-order valence-corrected chi connectivity index (χ4v) is 2.79. The van der Waals surface area contributed by atoms with Crippen molar-refractivity contribution in [3.63, 3.8) is 0 Å². The summed E-state index contributed by atoms with van der Waals surface area (Å²) in [6.45, 7) is 3.49. The van der Waals surface area contributed by atoms with Crippen LogP contribution in [0.1, 0.15) is 6.92 Å². The zero-order valence-electron chi connectivity index (χ0n) is 7.63. The molecule has 0 saturated carbocycles. The van der Waals surface area contributed by atoms with Crippen molar-refractivity contribution in [2.75, 3.05) is 32.1 Å². The van der Waals surface area contributed by atoms with Crippen LogP contribution in [-0.4, -0.2) is 49.1 Å². The standard InChI is InChI=1S/C8H18N2S/c1-7(9-2)8-6-11-5-4-10(8)3/h7-9H,4-6H2,1-3H3. The highest BCUT2D eigenvalue weighted by molar-refractivity contribution is 7.99.